The number of likely N-dealkylation sites (tertiary alicyclic amines) is 1. The molecule has 22 heavy (non-hydrogen) atoms. The molecule has 2 heterocycles. The second kappa shape index (κ2) is 10.1. The first-order valence-electron chi connectivity index (χ1n) is 8.18. The molecule has 0 unspecified atom stereocenters. The Morgan fingerprint density at radius 1 is 1.05 bits per heavy atom. The van der Waals surface area contributed by atoms with Crippen molar-refractivity contribution in [1.29, 1.82) is 0 Å². The minimum absolute atomic E-state index is 0. The van der Waals surface area contributed by atoms with E-state index in [1.54, 1.807) is 4.90 Å². The summed E-state index contributed by atoms with van der Waals surface area (Å²) in [5.41, 5.74) is 0. The third-order valence-corrected chi connectivity index (χ3v) is 4.75. The molecule has 5 nitrogen and oxygen atoms in total. The number of ketones is 1. The Balaban J connectivity index is 0.00000242. The summed E-state index contributed by atoms with van der Waals surface area (Å²) >= 11 is 0. The van der Waals surface area contributed by atoms with Crippen LogP contribution in [0, 0.1) is 11.8 Å². The van der Waals surface area contributed by atoms with Gasteiger partial charge in [-0.2, -0.15) is 6.41 Å². The maximum atomic E-state index is 11.8. The van der Waals surface area contributed by atoms with E-state index in [9.17, 15) is 9.59 Å². The van der Waals surface area contributed by atoms with Gasteiger partial charge in [0.05, 0.1) is 6.54 Å². The first kappa shape index (κ1) is 20.2. The van der Waals surface area contributed by atoms with Gasteiger partial charge in [-0.1, -0.05) is 13.8 Å². The fourth-order valence-electron chi connectivity index (χ4n) is 3.10. The molecule has 1 radical (unpaired) electrons. The van der Waals surface area contributed by atoms with Crippen LogP contribution in [0.15, 0.2) is 0 Å². The Kier molecular flexibility index (Phi) is 9.29. The molecular weight excluding hydrogens is 355 g/mol. The first-order valence-corrected chi connectivity index (χ1v) is 8.18. The molecule has 0 aromatic heterocycles. The predicted molar refractivity (Wildman–Crippen MR) is 82.7 cm³/mol. The van der Waals surface area contributed by atoms with Crippen LogP contribution in [0.1, 0.15) is 26.7 Å². The van der Waals surface area contributed by atoms with Gasteiger partial charge in [0.25, 0.3) is 0 Å². The summed E-state index contributed by atoms with van der Waals surface area (Å²) < 4.78 is 0. The molecular formula is C16H28N3O2Y-. The molecule has 1 amide bonds. The number of carbonyl (C=O) groups is 1. The smallest absolute Gasteiger partial charge is 0.149 e. The second-order valence-corrected chi connectivity index (χ2v) is 6.72. The van der Waals surface area contributed by atoms with Crippen LogP contribution >= 0.6 is 0 Å². The van der Waals surface area contributed by atoms with E-state index in [4.69, 9.17) is 0 Å². The molecule has 2 rings (SSSR count). The number of amides is 1. The van der Waals surface area contributed by atoms with Crippen molar-refractivity contribution in [2.75, 3.05) is 52.4 Å². The zero-order chi connectivity index (χ0) is 15.2. The summed E-state index contributed by atoms with van der Waals surface area (Å²) in [5, 5.41) is 0. The van der Waals surface area contributed by atoms with E-state index in [1.807, 2.05) is 20.3 Å². The number of rotatable bonds is 6. The number of carbonyl (C=O) groups excluding carboxylic acids is 2. The van der Waals surface area contributed by atoms with E-state index in [1.165, 1.54) is 0 Å². The SMILES string of the molecule is CC(C)C(=O)CN1CCN(CC2CCN([C-]=O)CC2)CC1.[Y]. The number of hydrogen-bond donors (Lipinski definition) is 0. The van der Waals surface area contributed by atoms with Gasteiger partial charge in [0.15, 0.2) is 0 Å². The van der Waals surface area contributed by atoms with Gasteiger partial charge in [0.2, 0.25) is 0 Å². The van der Waals surface area contributed by atoms with Crippen molar-refractivity contribution in [3.05, 3.63) is 0 Å². The normalized spacial score (nSPS) is 21.7. The Hall–Kier alpha value is 0.164. The number of piperidine rings is 1. The number of hydrogen-bond acceptors (Lipinski definition) is 4. The predicted octanol–water partition coefficient (Wildman–Crippen LogP) is 0.606. The molecule has 2 fully saturated rings. The third-order valence-electron chi connectivity index (χ3n) is 4.75. The molecule has 2 aliphatic rings. The molecule has 2 aliphatic heterocycles. The van der Waals surface area contributed by atoms with Gasteiger partial charge >= 0.3 is 0 Å². The summed E-state index contributed by atoms with van der Waals surface area (Å²) in [7, 11) is 0. The molecule has 0 N–H and O–H groups in total. The van der Waals surface area contributed by atoms with Gasteiger partial charge in [-0.25, -0.2) is 0 Å². The van der Waals surface area contributed by atoms with E-state index in [2.05, 4.69) is 9.80 Å². The van der Waals surface area contributed by atoms with Crippen LogP contribution in [0.4, 0.5) is 0 Å². The van der Waals surface area contributed by atoms with E-state index in [0.29, 0.717) is 18.2 Å². The monoisotopic (exact) mass is 383 g/mol. The molecule has 0 saturated carbocycles. The fourth-order valence-corrected chi connectivity index (χ4v) is 3.10. The topological polar surface area (TPSA) is 43.9 Å². The van der Waals surface area contributed by atoms with Crippen LogP contribution in [0.25, 0.3) is 0 Å². The van der Waals surface area contributed by atoms with E-state index >= 15 is 0 Å². The van der Waals surface area contributed by atoms with Crippen molar-refractivity contribution in [2.45, 2.75) is 26.7 Å². The molecule has 0 aliphatic carbocycles. The number of Topliss-reactive ketones (excluding diaryl/α,β-unsaturated/α-hetero) is 1. The van der Waals surface area contributed by atoms with Crippen molar-refractivity contribution in [2.24, 2.45) is 11.8 Å². The van der Waals surface area contributed by atoms with Crippen molar-refractivity contribution in [1.82, 2.24) is 14.7 Å². The summed E-state index contributed by atoms with van der Waals surface area (Å²) in [6.45, 7) is 11.5. The number of nitrogens with zero attached hydrogens (tertiary/aromatic N) is 3. The van der Waals surface area contributed by atoms with Gasteiger partial charge in [-0.15, -0.1) is 0 Å². The fraction of sp³-hybridized carbons (Fsp3) is 0.875. The van der Waals surface area contributed by atoms with Crippen molar-refractivity contribution < 1.29 is 42.3 Å². The summed E-state index contributed by atoms with van der Waals surface area (Å²) in [6, 6.07) is 0. The summed E-state index contributed by atoms with van der Waals surface area (Å²) in [4.78, 5) is 28.9. The maximum absolute atomic E-state index is 11.8. The minimum atomic E-state index is 0. The van der Waals surface area contributed by atoms with Crippen LogP contribution < -0.4 is 0 Å². The van der Waals surface area contributed by atoms with Crippen LogP contribution in [0.3, 0.4) is 0 Å². The zero-order valence-electron chi connectivity index (χ0n) is 14.0. The standard InChI is InChI=1S/C16H28N3O2.Y/c1-14(2)16(21)12-18-9-7-17(8-10-18)11-15-3-5-19(13-20)6-4-15;/h14-15H,3-12H2,1-2H3;/q-1;. The second-order valence-electron chi connectivity index (χ2n) is 6.72. The molecule has 6 heteroatoms. The molecule has 0 spiro atoms. The zero-order valence-corrected chi connectivity index (χ0v) is 16.8. The Morgan fingerprint density at radius 3 is 2.09 bits per heavy atom. The van der Waals surface area contributed by atoms with E-state index in [0.717, 1.165) is 58.7 Å². The van der Waals surface area contributed by atoms with E-state index in [-0.39, 0.29) is 38.6 Å². The quantitative estimate of drug-likeness (QED) is 0.631. The molecule has 2 saturated heterocycles. The third kappa shape index (κ3) is 6.34. The van der Waals surface area contributed by atoms with Gasteiger partial charge < -0.3 is 14.6 Å². The molecule has 0 aromatic rings. The van der Waals surface area contributed by atoms with E-state index < -0.39 is 0 Å². The molecule has 0 bridgehead atoms. The van der Waals surface area contributed by atoms with Crippen LogP contribution in [0.2, 0.25) is 0 Å². The van der Waals surface area contributed by atoms with Crippen molar-refractivity contribution in [3.8, 4) is 0 Å². The number of piperazine rings is 1. The summed E-state index contributed by atoms with van der Waals surface area (Å²) in [6.07, 6.45) is 4.19. The minimum Gasteiger partial charge on any atom is -0.520 e. The summed E-state index contributed by atoms with van der Waals surface area (Å²) in [5.74, 6) is 1.20. The van der Waals surface area contributed by atoms with Gasteiger partial charge in [-0.3, -0.25) is 9.69 Å². The van der Waals surface area contributed by atoms with Crippen LogP contribution in [0.5, 0.6) is 0 Å². The molecule has 123 valence electrons. The molecule has 0 aromatic carbocycles. The Morgan fingerprint density at radius 2 is 1.59 bits per heavy atom. The van der Waals surface area contributed by atoms with Gasteiger partial charge in [0.1, 0.15) is 5.78 Å². The van der Waals surface area contributed by atoms with Crippen LogP contribution in [-0.4, -0.2) is 79.3 Å². The van der Waals surface area contributed by atoms with Crippen molar-refractivity contribution in [3.63, 3.8) is 0 Å². The average Bonchev–Trinajstić information content (AvgIpc) is 2.50. The average molecular weight is 383 g/mol. The molecule has 0 atom stereocenters. The first-order chi connectivity index (χ1) is 10.1. The largest absolute Gasteiger partial charge is 0.520 e. The van der Waals surface area contributed by atoms with Gasteiger partial charge in [0, 0.05) is 71.4 Å². The van der Waals surface area contributed by atoms with Gasteiger partial charge in [-0.05, 0) is 31.8 Å². The van der Waals surface area contributed by atoms with Crippen LogP contribution in [-0.2, 0) is 42.3 Å². The Bertz CT molecular complexity index is 349. The maximum Gasteiger partial charge on any atom is 0.149 e. The van der Waals surface area contributed by atoms with Crippen molar-refractivity contribution >= 4 is 12.2 Å². The Labute approximate surface area is 159 Å².